The third-order valence-corrected chi connectivity index (χ3v) is 4.21. The average Bonchev–Trinajstić information content (AvgIpc) is 2.99. The first-order valence-electron chi connectivity index (χ1n) is 8.18. The minimum atomic E-state index is -0.620. The second-order valence-corrected chi connectivity index (χ2v) is 5.99. The molecule has 26 heavy (non-hydrogen) atoms. The van der Waals surface area contributed by atoms with Gasteiger partial charge in [0.25, 0.3) is 0 Å². The molecule has 0 spiro atoms. The van der Waals surface area contributed by atoms with Crippen molar-refractivity contribution in [3.05, 3.63) is 76.7 Å². The van der Waals surface area contributed by atoms with Crippen LogP contribution >= 0.6 is 11.6 Å². The Morgan fingerprint density at radius 2 is 1.96 bits per heavy atom. The standard InChI is InChI=1S/C20H17ClN2O3/c1-2-14-6-8-15(9-7-14)17(24)13-26-19(25)11-10-16-20(21)22-18-5-3-4-12-23(16)18/h3-12H,2,13H2,1H3/b11-10+. The number of Topliss-reactive ketones (excluding diaryl/α,β-unsaturated/α-hetero) is 1. The maximum Gasteiger partial charge on any atom is 0.331 e. The molecule has 0 aliphatic carbocycles. The predicted octanol–water partition coefficient (Wildman–Crippen LogP) is 3.99. The van der Waals surface area contributed by atoms with Gasteiger partial charge < -0.3 is 4.74 Å². The number of halogens is 1. The number of pyridine rings is 1. The molecule has 1 aromatic carbocycles. The normalized spacial score (nSPS) is 11.2. The Bertz CT molecular complexity index is 974. The molecule has 0 aliphatic heterocycles. The zero-order chi connectivity index (χ0) is 18.5. The minimum absolute atomic E-state index is 0.248. The van der Waals surface area contributed by atoms with Crippen molar-refractivity contribution in [2.75, 3.05) is 6.61 Å². The first-order valence-corrected chi connectivity index (χ1v) is 8.56. The van der Waals surface area contributed by atoms with Gasteiger partial charge in [-0.15, -0.1) is 0 Å². The summed E-state index contributed by atoms with van der Waals surface area (Å²) in [6, 6.07) is 12.8. The van der Waals surface area contributed by atoms with Crippen LogP contribution < -0.4 is 0 Å². The Morgan fingerprint density at radius 3 is 2.69 bits per heavy atom. The van der Waals surface area contributed by atoms with Gasteiger partial charge in [0, 0.05) is 17.8 Å². The Morgan fingerprint density at radius 1 is 1.19 bits per heavy atom. The quantitative estimate of drug-likeness (QED) is 0.375. The molecule has 0 unspecified atom stereocenters. The molecule has 6 heteroatoms. The fourth-order valence-electron chi connectivity index (χ4n) is 2.48. The molecule has 3 rings (SSSR count). The number of aryl methyl sites for hydroxylation is 1. The highest BCUT2D eigenvalue weighted by Gasteiger charge is 2.10. The van der Waals surface area contributed by atoms with Crippen LogP contribution in [0.25, 0.3) is 11.7 Å². The van der Waals surface area contributed by atoms with Crippen LogP contribution in [-0.2, 0) is 16.0 Å². The van der Waals surface area contributed by atoms with Crippen molar-refractivity contribution in [2.45, 2.75) is 13.3 Å². The average molecular weight is 369 g/mol. The number of fused-ring (bicyclic) bond motifs is 1. The number of ketones is 1. The summed E-state index contributed by atoms with van der Waals surface area (Å²) in [5.41, 5.74) is 2.91. The van der Waals surface area contributed by atoms with Crippen LogP contribution in [0.5, 0.6) is 0 Å². The molecule has 0 atom stereocenters. The van der Waals surface area contributed by atoms with Crippen LogP contribution in [0.1, 0.15) is 28.5 Å². The minimum Gasteiger partial charge on any atom is -0.454 e. The van der Waals surface area contributed by atoms with E-state index in [9.17, 15) is 9.59 Å². The molecule has 0 saturated heterocycles. The van der Waals surface area contributed by atoms with Gasteiger partial charge in [-0.1, -0.05) is 48.9 Å². The van der Waals surface area contributed by atoms with Gasteiger partial charge in [-0.05, 0) is 30.2 Å². The van der Waals surface area contributed by atoms with Crippen LogP contribution in [-0.4, -0.2) is 27.7 Å². The number of aromatic nitrogens is 2. The number of carbonyl (C=O) groups is 2. The maximum absolute atomic E-state index is 12.1. The molecule has 2 heterocycles. The van der Waals surface area contributed by atoms with E-state index in [4.69, 9.17) is 16.3 Å². The van der Waals surface area contributed by atoms with E-state index in [1.165, 1.54) is 12.2 Å². The molecular formula is C20H17ClN2O3. The van der Waals surface area contributed by atoms with E-state index in [0.29, 0.717) is 16.9 Å². The zero-order valence-corrected chi connectivity index (χ0v) is 14.9. The number of hydrogen-bond donors (Lipinski definition) is 0. The molecule has 0 saturated carbocycles. The smallest absolute Gasteiger partial charge is 0.331 e. The number of hydrogen-bond acceptors (Lipinski definition) is 4. The van der Waals surface area contributed by atoms with E-state index >= 15 is 0 Å². The van der Waals surface area contributed by atoms with Crippen LogP contribution in [0.3, 0.4) is 0 Å². The fourth-order valence-corrected chi connectivity index (χ4v) is 2.72. The molecule has 0 radical (unpaired) electrons. The lowest BCUT2D eigenvalue weighted by molar-refractivity contribution is -0.136. The van der Waals surface area contributed by atoms with Crippen molar-refractivity contribution >= 4 is 35.1 Å². The van der Waals surface area contributed by atoms with E-state index in [0.717, 1.165) is 12.0 Å². The third-order valence-electron chi connectivity index (χ3n) is 3.93. The summed E-state index contributed by atoms with van der Waals surface area (Å²) in [5, 5.41) is 0.285. The van der Waals surface area contributed by atoms with E-state index in [1.807, 2.05) is 37.3 Å². The van der Waals surface area contributed by atoms with Gasteiger partial charge in [-0.3, -0.25) is 9.20 Å². The summed E-state index contributed by atoms with van der Waals surface area (Å²) in [6.07, 6.45) is 5.45. The van der Waals surface area contributed by atoms with Gasteiger partial charge in [0.1, 0.15) is 5.65 Å². The topological polar surface area (TPSA) is 60.7 Å². The Balaban J connectivity index is 1.62. The monoisotopic (exact) mass is 368 g/mol. The first kappa shape index (κ1) is 17.9. The highest BCUT2D eigenvalue weighted by atomic mass is 35.5. The highest BCUT2D eigenvalue weighted by molar-refractivity contribution is 6.31. The zero-order valence-electron chi connectivity index (χ0n) is 14.2. The second-order valence-electron chi connectivity index (χ2n) is 5.63. The van der Waals surface area contributed by atoms with Gasteiger partial charge in [-0.2, -0.15) is 0 Å². The molecule has 0 N–H and O–H groups in total. The van der Waals surface area contributed by atoms with Gasteiger partial charge in [-0.25, -0.2) is 9.78 Å². The second kappa shape index (κ2) is 7.97. The van der Waals surface area contributed by atoms with Crippen LogP contribution in [0, 0.1) is 0 Å². The lowest BCUT2D eigenvalue weighted by atomic mass is 10.1. The Labute approximate surface area is 155 Å². The number of imidazole rings is 1. The van der Waals surface area contributed by atoms with E-state index in [-0.39, 0.29) is 17.5 Å². The summed E-state index contributed by atoms with van der Waals surface area (Å²) in [6.45, 7) is 1.73. The molecule has 132 valence electrons. The van der Waals surface area contributed by atoms with Crippen LogP contribution in [0.4, 0.5) is 0 Å². The van der Waals surface area contributed by atoms with Crippen molar-refractivity contribution in [1.29, 1.82) is 0 Å². The molecule has 0 aliphatic rings. The molecule has 0 fully saturated rings. The first-order chi connectivity index (χ1) is 12.6. The van der Waals surface area contributed by atoms with Crippen LogP contribution in [0.15, 0.2) is 54.7 Å². The van der Waals surface area contributed by atoms with E-state index < -0.39 is 5.97 Å². The number of benzene rings is 1. The van der Waals surface area contributed by atoms with Crippen molar-refractivity contribution < 1.29 is 14.3 Å². The molecule has 5 nitrogen and oxygen atoms in total. The SMILES string of the molecule is CCc1ccc(C(=O)COC(=O)/C=C/c2c(Cl)nc3ccccn23)cc1. The lowest BCUT2D eigenvalue weighted by Crippen LogP contribution is -2.12. The van der Waals surface area contributed by atoms with Crippen molar-refractivity contribution in [3.63, 3.8) is 0 Å². The number of esters is 1. The Kier molecular flexibility index (Phi) is 5.49. The summed E-state index contributed by atoms with van der Waals surface area (Å²) in [4.78, 5) is 28.2. The molecular weight excluding hydrogens is 352 g/mol. The highest BCUT2D eigenvalue weighted by Crippen LogP contribution is 2.18. The van der Waals surface area contributed by atoms with Crippen LogP contribution in [0.2, 0.25) is 5.15 Å². The largest absolute Gasteiger partial charge is 0.454 e. The molecule has 3 aromatic rings. The maximum atomic E-state index is 12.1. The summed E-state index contributed by atoms with van der Waals surface area (Å²) in [7, 11) is 0. The predicted molar refractivity (Wildman–Crippen MR) is 100 cm³/mol. The number of rotatable bonds is 6. The summed E-state index contributed by atoms with van der Waals surface area (Å²) >= 11 is 6.09. The molecule has 0 amide bonds. The van der Waals surface area contributed by atoms with Gasteiger partial charge in [0.15, 0.2) is 17.5 Å². The lowest BCUT2D eigenvalue weighted by Gasteiger charge is -2.03. The van der Waals surface area contributed by atoms with E-state index in [2.05, 4.69) is 4.98 Å². The van der Waals surface area contributed by atoms with Gasteiger partial charge in [0.2, 0.25) is 0 Å². The van der Waals surface area contributed by atoms with Crippen molar-refractivity contribution in [1.82, 2.24) is 9.38 Å². The molecule has 0 bridgehead atoms. The molecule has 2 aromatic heterocycles. The third kappa shape index (κ3) is 4.00. The van der Waals surface area contributed by atoms with E-state index in [1.54, 1.807) is 22.7 Å². The van der Waals surface area contributed by atoms with Crippen molar-refractivity contribution in [2.24, 2.45) is 0 Å². The summed E-state index contributed by atoms with van der Waals surface area (Å²) < 4.78 is 6.77. The van der Waals surface area contributed by atoms with Gasteiger partial charge in [0.05, 0.1) is 5.69 Å². The summed E-state index contributed by atoms with van der Waals surface area (Å²) in [5.74, 6) is -0.868. The number of nitrogens with zero attached hydrogens (tertiary/aromatic N) is 2. The number of ether oxygens (including phenoxy) is 1. The van der Waals surface area contributed by atoms with Gasteiger partial charge >= 0.3 is 5.97 Å². The fraction of sp³-hybridized carbons (Fsp3) is 0.150. The Hall–Kier alpha value is -2.92. The van der Waals surface area contributed by atoms with Crippen molar-refractivity contribution in [3.8, 4) is 0 Å². The number of carbonyl (C=O) groups excluding carboxylic acids is 2.